The van der Waals surface area contributed by atoms with Crippen LogP contribution in [0.4, 0.5) is 13.2 Å². The van der Waals surface area contributed by atoms with E-state index in [2.05, 4.69) is 15.9 Å². The SMILES string of the molecule is FC(F)(F)c1ccccc1C1=CCc2ccc(Br)cc21. The van der Waals surface area contributed by atoms with Gasteiger partial charge in [0.2, 0.25) is 0 Å². The van der Waals surface area contributed by atoms with Crippen molar-refractivity contribution in [2.24, 2.45) is 0 Å². The molecule has 20 heavy (non-hydrogen) atoms. The van der Waals surface area contributed by atoms with Gasteiger partial charge < -0.3 is 0 Å². The number of rotatable bonds is 1. The van der Waals surface area contributed by atoms with Crippen molar-refractivity contribution in [2.75, 3.05) is 0 Å². The Morgan fingerprint density at radius 3 is 2.45 bits per heavy atom. The fourth-order valence-electron chi connectivity index (χ4n) is 2.52. The van der Waals surface area contributed by atoms with Crippen LogP contribution in [0.1, 0.15) is 22.3 Å². The molecule has 3 rings (SSSR count). The van der Waals surface area contributed by atoms with E-state index < -0.39 is 11.7 Å². The second kappa shape index (κ2) is 4.77. The maximum atomic E-state index is 13.1. The van der Waals surface area contributed by atoms with Crippen molar-refractivity contribution in [2.45, 2.75) is 12.6 Å². The highest BCUT2D eigenvalue weighted by Gasteiger charge is 2.34. The summed E-state index contributed by atoms with van der Waals surface area (Å²) in [6.07, 6.45) is -1.81. The summed E-state index contributed by atoms with van der Waals surface area (Å²) in [5.74, 6) is 0. The molecule has 1 aliphatic carbocycles. The first kappa shape index (κ1) is 13.4. The molecule has 2 aromatic carbocycles. The molecule has 102 valence electrons. The molecule has 0 nitrogen and oxygen atoms in total. The number of hydrogen-bond donors (Lipinski definition) is 0. The van der Waals surface area contributed by atoms with Gasteiger partial charge in [0, 0.05) is 4.47 Å². The molecule has 0 unspecified atom stereocenters. The van der Waals surface area contributed by atoms with Crippen molar-refractivity contribution in [3.63, 3.8) is 0 Å². The molecule has 0 saturated heterocycles. The average molecular weight is 339 g/mol. The van der Waals surface area contributed by atoms with Crippen LogP contribution in [0.5, 0.6) is 0 Å². The largest absolute Gasteiger partial charge is 0.417 e. The predicted octanol–water partition coefficient (Wildman–Crippen LogP) is 5.46. The fraction of sp³-hybridized carbons (Fsp3) is 0.125. The van der Waals surface area contributed by atoms with Gasteiger partial charge in [-0.3, -0.25) is 0 Å². The normalized spacial score (nSPS) is 14.1. The molecule has 0 radical (unpaired) electrons. The Bertz CT molecular complexity index is 699. The van der Waals surface area contributed by atoms with Crippen LogP contribution in [0.15, 0.2) is 53.0 Å². The molecule has 2 aromatic rings. The lowest BCUT2D eigenvalue weighted by atomic mass is 9.95. The van der Waals surface area contributed by atoms with E-state index in [0.717, 1.165) is 21.7 Å². The summed E-state index contributed by atoms with van der Waals surface area (Å²) in [6.45, 7) is 0. The zero-order chi connectivity index (χ0) is 14.3. The highest BCUT2D eigenvalue weighted by molar-refractivity contribution is 9.10. The summed E-state index contributed by atoms with van der Waals surface area (Å²) >= 11 is 3.37. The monoisotopic (exact) mass is 338 g/mol. The van der Waals surface area contributed by atoms with Crippen LogP contribution in [0.25, 0.3) is 5.57 Å². The van der Waals surface area contributed by atoms with E-state index >= 15 is 0 Å². The molecule has 0 N–H and O–H groups in total. The lowest BCUT2D eigenvalue weighted by molar-refractivity contribution is -0.137. The molecule has 1 aliphatic rings. The third-order valence-electron chi connectivity index (χ3n) is 3.41. The number of hydrogen-bond acceptors (Lipinski definition) is 0. The van der Waals surface area contributed by atoms with Crippen LogP contribution in [-0.4, -0.2) is 0 Å². The molecule has 0 fully saturated rings. The molecule has 0 bridgehead atoms. The lowest BCUT2D eigenvalue weighted by Gasteiger charge is -2.14. The van der Waals surface area contributed by atoms with E-state index in [0.29, 0.717) is 12.0 Å². The van der Waals surface area contributed by atoms with Gasteiger partial charge in [0.25, 0.3) is 0 Å². The third kappa shape index (κ3) is 2.29. The first-order valence-corrected chi connectivity index (χ1v) is 6.91. The molecule has 0 aromatic heterocycles. The smallest absolute Gasteiger partial charge is 0.166 e. The zero-order valence-electron chi connectivity index (χ0n) is 10.3. The van der Waals surface area contributed by atoms with Gasteiger partial charge in [-0.15, -0.1) is 0 Å². The Labute approximate surface area is 123 Å². The van der Waals surface area contributed by atoms with E-state index in [1.54, 1.807) is 6.07 Å². The molecule has 0 spiro atoms. The Morgan fingerprint density at radius 1 is 0.950 bits per heavy atom. The molecule has 4 heteroatoms. The molecule has 0 saturated carbocycles. The Morgan fingerprint density at radius 2 is 1.70 bits per heavy atom. The summed E-state index contributed by atoms with van der Waals surface area (Å²) < 4.78 is 40.2. The minimum absolute atomic E-state index is 0.247. The summed E-state index contributed by atoms with van der Waals surface area (Å²) in [7, 11) is 0. The highest BCUT2D eigenvalue weighted by atomic mass is 79.9. The van der Waals surface area contributed by atoms with E-state index in [9.17, 15) is 13.2 Å². The van der Waals surface area contributed by atoms with Gasteiger partial charge in [0.15, 0.2) is 0 Å². The maximum Gasteiger partial charge on any atom is 0.417 e. The van der Waals surface area contributed by atoms with Gasteiger partial charge in [0.05, 0.1) is 5.56 Å². The van der Waals surface area contributed by atoms with E-state index in [4.69, 9.17) is 0 Å². The van der Waals surface area contributed by atoms with Crippen molar-refractivity contribution in [1.29, 1.82) is 0 Å². The van der Waals surface area contributed by atoms with Crippen LogP contribution < -0.4 is 0 Å². The quantitative estimate of drug-likeness (QED) is 0.648. The number of fused-ring (bicyclic) bond motifs is 1. The summed E-state index contributed by atoms with van der Waals surface area (Å²) in [4.78, 5) is 0. The Balaban J connectivity index is 2.16. The average Bonchev–Trinajstić information content (AvgIpc) is 2.80. The van der Waals surface area contributed by atoms with E-state index in [1.807, 2.05) is 24.3 Å². The second-order valence-corrected chi connectivity index (χ2v) is 5.58. The van der Waals surface area contributed by atoms with Gasteiger partial charge in [0.1, 0.15) is 0 Å². The van der Waals surface area contributed by atoms with Crippen molar-refractivity contribution in [3.05, 3.63) is 75.3 Å². The molecule has 0 aliphatic heterocycles. The van der Waals surface area contributed by atoms with Crippen LogP contribution in [0.2, 0.25) is 0 Å². The topological polar surface area (TPSA) is 0 Å². The van der Waals surface area contributed by atoms with Gasteiger partial charge in [-0.25, -0.2) is 0 Å². The van der Waals surface area contributed by atoms with Crippen LogP contribution >= 0.6 is 15.9 Å². The zero-order valence-corrected chi connectivity index (χ0v) is 11.9. The van der Waals surface area contributed by atoms with Crippen LogP contribution in [-0.2, 0) is 12.6 Å². The first-order chi connectivity index (χ1) is 9.47. The fourth-order valence-corrected chi connectivity index (χ4v) is 2.88. The van der Waals surface area contributed by atoms with Gasteiger partial charge in [-0.05, 0) is 46.9 Å². The van der Waals surface area contributed by atoms with Crippen molar-refractivity contribution in [1.82, 2.24) is 0 Å². The molecule has 0 atom stereocenters. The van der Waals surface area contributed by atoms with Crippen LogP contribution in [0, 0.1) is 0 Å². The standard InChI is InChI=1S/C16H10BrF3/c17-11-7-5-10-6-8-12(14(10)9-11)13-3-1-2-4-15(13)16(18,19)20/h1-5,7-9H,6H2. The van der Waals surface area contributed by atoms with Crippen molar-refractivity contribution in [3.8, 4) is 0 Å². The number of benzene rings is 2. The third-order valence-corrected chi connectivity index (χ3v) is 3.90. The number of allylic oxidation sites excluding steroid dienone is 1. The minimum Gasteiger partial charge on any atom is -0.166 e. The first-order valence-electron chi connectivity index (χ1n) is 6.12. The maximum absolute atomic E-state index is 13.1. The van der Waals surface area contributed by atoms with Crippen molar-refractivity contribution >= 4 is 21.5 Å². The molecule has 0 heterocycles. The van der Waals surface area contributed by atoms with Gasteiger partial charge in [-0.1, -0.05) is 46.3 Å². The molecule has 0 amide bonds. The number of alkyl halides is 3. The predicted molar refractivity (Wildman–Crippen MR) is 76.4 cm³/mol. The highest BCUT2D eigenvalue weighted by Crippen LogP contribution is 2.40. The summed E-state index contributed by atoms with van der Waals surface area (Å²) in [5, 5.41) is 0. The van der Waals surface area contributed by atoms with E-state index in [1.165, 1.54) is 12.1 Å². The minimum atomic E-state index is -4.34. The summed E-state index contributed by atoms with van der Waals surface area (Å²) in [5.41, 5.74) is 2.25. The van der Waals surface area contributed by atoms with Gasteiger partial charge >= 0.3 is 6.18 Å². The second-order valence-electron chi connectivity index (χ2n) is 4.67. The van der Waals surface area contributed by atoms with E-state index in [-0.39, 0.29) is 5.56 Å². The Kier molecular flexibility index (Phi) is 3.21. The van der Waals surface area contributed by atoms with Crippen molar-refractivity contribution < 1.29 is 13.2 Å². The van der Waals surface area contributed by atoms with Crippen LogP contribution in [0.3, 0.4) is 0 Å². The molecular weight excluding hydrogens is 329 g/mol. The number of halogens is 4. The molecular formula is C16H10BrF3. The Hall–Kier alpha value is -1.55. The lowest BCUT2D eigenvalue weighted by Crippen LogP contribution is -2.08. The van der Waals surface area contributed by atoms with Gasteiger partial charge in [-0.2, -0.15) is 13.2 Å². The summed E-state index contributed by atoms with van der Waals surface area (Å²) in [6, 6.07) is 11.5.